The fourth-order valence-corrected chi connectivity index (χ4v) is 5.98. The second-order valence-corrected chi connectivity index (χ2v) is 8.82. The van der Waals surface area contributed by atoms with Crippen LogP contribution >= 0.6 is 0 Å². The van der Waals surface area contributed by atoms with Crippen molar-refractivity contribution in [3.05, 3.63) is 34.9 Å². The summed E-state index contributed by atoms with van der Waals surface area (Å²) < 4.78 is 27.8. The van der Waals surface area contributed by atoms with E-state index in [2.05, 4.69) is 22.9 Å². The van der Waals surface area contributed by atoms with Gasteiger partial charge in [0, 0.05) is 6.04 Å². The van der Waals surface area contributed by atoms with Crippen LogP contribution in [0.25, 0.3) is 0 Å². The highest BCUT2D eigenvalue weighted by molar-refractivity contribution is 7.89. The van der Waals surface area contributed by atoms with E-state index in [9.17, 15) is 8.42 Å². The van der Waals surface area contributed by atoms with E-state index in [1.54, 1.807) is 0 Å². The van der Waals surface area contributed by atoms with Crippen LogP contribution in [0.1, 0.15) is 60.8 Å². The molecule has 0 unspecified atom stereocenters. The second kappa shape index (κ2) is 4.81. The lowest BCUT2D eigenvalue weighted by atomic mass is 9.84. The van der Waals surface area contributed by atoms with Crippen molar-refractivity contribution in [2.45, 2.75) is 50.5 Å². The molecule has 1 fully saturated rings. The van der Waals surface area contributed by atoms with Crippen molar-refractivity contribution in [3.8, 4) is 6.07 Å². The Morgan fingerprint density at radius 3 is 2.91 bits per heavy atom. The van der Waals surface area contributed by atoms with Gasteiger partial charge in [-0.2, -0.15) is 5.26 Å². The number of hydrogen-bond acceptors (Lipinski definition) is 3. The zero-order valence-corrected chi connectivity index (χ0v) is 13.3. The van der Waals surface area contributed by atoms with Gasteiger partial charge in [0.15, 0.2) is 0 Å². The Hall–Kier alpha value is -1.38. The Labute approximate surface area is 131 Å². The molecule has 116 valence electrons. The first kappa shape index (κ1) is 14.2. The van der Waals surface area contributed by atoms with E-state index in [1.165, 1.54) is 17.5 Å². The molecule has 0 aromatic heterocycles. The van der Waals surface area contributed by atoms with Gasteiger partial charge in [0.2, 0.25) is 10.0 Å². The van der Waals surface area contributed by atoms with Crippen molar-refractivity contribution < 1.29 is 8.42 Å². The zero-order valence-electron chi connectivity index (χ0n) is 12.5. The Balaban J connectivity index is 1.59. The fourth-order valence-electron chi connectivity index (χ4n) is 4.16. The number of benzene rings is 1. The Bertz CT molecular complexity index is 759. The molecule has 1 N–H and O–H groups in total. The van der Waals surface area contributed by atoms with Crippen molar-refractivity contribution >= 4 is 10.0 Å². The third-order valence-corrected chi connectivity index (χ3v) is 6.99. The lowest BCUT2D eigenvalue weighted by Crippen LogP contribution is -2.32. The van der Waals surface area contributed by atoms with Gasteiger partial charge in [-0.15, -0.1) is 0 Å². The fraction of sp³-hybridized carbons (Fsp3) is 0.588. The van der Waals surface area contributed by atoms with Gasteiger partial charge in [-0.1, -0.05) is 18.2 Å². The van der Waals surface area contributed by atoms with Crippen LogP contribution in [0.15, 0.2) is 18.2 Å². The minimum absolute atomic E-state index is 0.0489. The molecule has 3 aliphatic carbocycles. The lowest BCUT2D eigenvalue weighted by molar-refractivity contribution is 0.496. The van der Waals surface area contributed by atoms with Crippen molar-refractivity contribution in [3.63, 3.8) is 0 Å². The minimum Gasteiger partial charge on any atom is -0.212 e. The summed E-state index contributed by atoms with van der Waals surface area (Å²) in [5.74, 6) is 0.450. The summed E-state index contributed by atoms with van der Waals surface area (Å²) in [6.07, 6.45) is 5.74. The highest BCUT2D eigenvalue weighted by Crippen LogP contribution is 2.49. The summed E-state index contributed by atoms with van der Waals surface area (Å²) in [5, 5.41) is 9.12. The van der Waals surface area contributed by atoms with Crippen molar-refractivity contribution in [1.82, 2.24) is 4.72 Å². The van der Waals surface area contributed by atoms with E-state index < -0.39 is 15.4 Å². The van der Waals surface area contributed by atoms with Gasteiger partial charge < -0.3 is 0 Å². The maximum absolute atomic E-state index is 12.4. The molecule has 0 aliphatic heterocycles. The highest BCUT2D eigenvalue weighted by atomic mass is 32.2. The predicted octanol–water partition coefficient (Wildman–Crippen LogP) is 2.77. The lowest BCUT2D eigenvalue weighted by Gasteiger charge is -2.20. The molecular weight excluding hydrogens is 296 g/mol. The first-order valence-corrected chi connectivity index (χ1v) is 9.70. The standard InChI is InChI=1S/C17H20N2O2S/c18-10-17(7-8-17)11-22(20,21)19-15-9-13-5-1-3-12-4-2-6-14(15)16(12)13/h2,4,6,13,15,19H,1,3,5,7-9,11H2/t13-,15-/m0/s1. The average molecular weight is 316 g/mol. The molecule has 1 aromatic rings. The van der Waals surface area contributed by atoms with Crippen molar-refractivity contribution in [2.75, 3.05) is 5.75 Å². The molecule has 0 radical (unpaired) electrons. The van der Waals surface area contributed by atoms with E-state index in [4.69, 9.17) is 5.26 Å². The van der Waals surface area contributed by atoms with Crippen LogP contribution < -0.4 is 4.72 Å². The van der Waals surface area contributed by atoms with E-state index in [0.29, 0.717) is 18.8 Å². The van der Waals surface area contributed by atoms with E-state index in [0.717, 1.165) is 24.8 Å². The smallest absolute Gasteiger partial charge is 0.212 e. The summed E-state index contributed by atoms with van der Waals surface area (Å²) in [6.45, 7) is 0. The van der Waals surface area contributed by atoms with Crippen LogP contribution in [0.4, 0.5) is 0 Å². The summed E-state index contributed by atoms with van der Waals surface area (Å²) in [4.78, 5) is 0. The molecular formula is C17H20N2O2S. The molecule has 1 aromatic carbocycles. The second-order valence-electron chi connectivity index (χ2n) is 7.07. The number of aryl methyl sites for hydroxylation is 1. The van der Waals surface area contributed by atoms with Gasteiger partial charge in [-0.25, -0.2) is 13.1 Å². The average Bonchev–Trinajstić information content (AvgIpc) is 3.17. The first-order valence-electron chi connectivity index (χ1n) is 8.05. The minimum atomic E-state index is -3.41. The van der Waals surface area contributed by atoms with E-state index in [1.807, 2.05) is 6.07 Å². The maximum atomic E-state index is 12.4. The van der Waals surface area contributed by atoms with E-state index in [-0.39, 0.29) is 11.8 Å². The van der Waals surface area contributed by atoms with Crippen LogP contribution in [-0.4, -0.2) is 14.2 Å². The van der Waals surface area contributed by atoms with Crippen LogP contribution in [-0.2, 0) is 16.4 Å². The monoisotopic (exact) mass is 316 g/mol. The molecule has 5 heteroatoms. The largest absolute Gasteiger partial charge is 0.213 e. The summed E-state index contributed by atoms with van der Waals surface area (Å²) in [5.41, 5.74) is 3.32. The summed E-state index contributed by atoms with van der Waals surface area (Å²) in [6, 6.07) is 8.34. The van der Waals surface area contributed by atoms with Crippen molar-refractivity contribution in [2.24, 2.45) is 5.41 Å². The summed E-state index contributed by atoms with van der Waals surface area (Å²) >= 11 is 0. The van der Waals surface area contributed by atoms with Crippen LogP contribution in [0.5, 0.6) is 0 Å². The Morgan fingerprint density at radius 1 is 1.36 bits per heavy atom. The van der Waals surface area contributed by atoms with Gasteiger partial charge >= 0.3 is 0 Å². The zero-order chi connectivity index (χ0) is 15.4. The highest BCUT2D eigenvalue weighted by Gasteiger charge is 2.47. The van der Waals surface area contributed by atoms with Gasteiger partial charge in [-0.05, 0) is 61.1 Å². The Morgan fingerprint density at radius 2 is 2.18 bits per heavy atom. The molecule has 0 heterocycles. The van der Waals surface area contributed by atoms with Gasteiger partial charge in [0.05, 0.1) is 17.2 Å². The molecule has 3 aliphatic rings. The SMILES string of the molecule is N#CC1(CS(=O)(=O)N[C@H]2C[C@@H]3CCCc4cccc2c43)CC1. The quantitative estimate of drug-likeness (QED) is 0.928. The number of nitrogens with zero attached hydrogens (tertiary/aromatic N) is 1. The molecule has 0 saturated heterocycles. The number of rotatable bonds is 4. The number of nitrogens with one attached hydrogen (secondary N) is 1. The molecule has 4 rings (SSSR count). The maximum Gasteiger partial charge on any atom is 0.213 e. The molecule has 0 spiro atoms. The molecule has 2 atom stereocenters. The third-order valence-electron chi connectivity index (χ3n) is 5.41. The number of nitriles is 1. The molecule has 0 bridgehead atoms. The third kappa shape index (κ3) is 2.35. The van der Waals surface area contributed by atoms with Gasteiger partial charge in [0.1, 0.15) is 0 Å². The first-order chi connectivity index (χ1) is 10.5. The Kier molecular flexibility index (Phi) is 3.11. The van der Waals surface area contributed by atoms with Crippen LogP contribution in [0.2, 0.25) is 0 Å². The van der Waals surface area contributed by atoms with Crippen LogP contribution in [0.3, 0.4) is 0 Å². The van der Waals surface area contributed by atoms with Gasteiger partial charge in [0.25, 0.3) is 0 Å². The normalized spacial score (nSPS) is 28.0. The number of hydrogen-bond donors (Lipinski definition) is 1. The topological polar surface area (TPSA) is 70.0 Å². The molecule has 1 saturated carbocycles. The molecule has 4 nitrogen and oxygen atoms in total. The molecule has 22 heavy (non-hydrogen) atoms. The van der Waals surface area contributed by atoms with Crippen LogP contribution in [0, 0.1) is 16.7 Å². The summed E-state index contributed by atoms with van der Waals surface area (Å²) in [7, 11) is -3.41. The number of sulfonamides is 1. The van der Waals surface area contributed by atoms with E-state index >= 15 is 0 Å². The molecule has 0 amide bonds. The van der Waals surface area contributed by atoms with Crippen molar-refractivity contribution in [1.29, 1.82) is 5.26 Å². The predicted molar refractivity (Wildman–Crippen MR) is 83.7 cm³/mol. The van der Waals surface area contributed by atoms with Gasteiger partial charge in [-0.3, -0.25) is 0 Å².